The summed E-state index contributed by atoms with van der Waals surface area (Å²) >= 11 is 0. The Labute approximate surface area is 116 Å². The third-order valence-electron chi connectivity index (χ3n) is 2.91. The number of ether oxygens (including phenoxy) is 1. The fourth-order valence-electron chi connectivity index (χ4n) is 1.94. The highest BCUT2D eigenvalue weighted by Gasteiger charge is 2.30. The zero-order chi connectivity index (χ0) is 14.5. The van der Waals surface area contributed by atoms with Crippen molar-refractivity contribution in [2.24, 2.45) is 0 Å². The maximum Gasteiger partial charge on any atom is 0.244 e. The molecule has 0 saturated carbocycles. The van der Waals surface area contributed by atoms with Crippen LogP contribution in [-0.4, -0.2) is 35.8 Å². The topological polar surface area (TPSA) is 75.7 Å². The van der Waals surface area contributed by atoms with Gasteiger partial charge in [-0.2, -0.15) is 0 Å². The van der Waals surface area contributed by atoms with Gasteiger partial charge < -0.3 is 10.1 Å². The van der Waals surface area contributed by atoms with Gasteiger partial charge >= 0.3 is 0 Å². The van der Waals surface area contributed by atoms with E-state index < -0.39 is 5.91 Å². The second-order valence-electron chi connectivity index (χ2n) is 4.38. The second-order valence-corrected chi connectivity index (χ2v) is 4.38. The zero-order valence-electron chi connectivity index (χ0n) is 11.2. The lowest BCUT2D eigenvalue weighted by Crippen LogP contribution is -2.36. The van der Waals surface area contributed by atoms with Crippen LogP contribution in [0, 0.1) is 0 Å². The third kappa shape index (κ3) is 3.34. The van der Waals surface area contributed by atoms with E-state index in [4.69, 9.17) is 4.74 Å². The molecule has 0 aromatic heterocycles. The number of benzene rings is 1. The number of anilines is 1. The number of hydrogen-bond donors (Lipinski definition) is 1. The van der Waals surface area contributed by atoms with Crippen molar-refractivity contribution in [3.05, 3.63) is 24.3 Å². The minimum atomic E-state index is -0.391. The summed E-state index contributed by atoms with van der Waals surface area (Å²) in [6.07, 6.45) is 0.379. The molecule has 1 aromatic carbocycles. The molecule has 1 heterocycles. The van der Waals surface area contributed by atoms with E-state index in [1.807, 2.05) is 6.92 Å². The fourth-order valence-corrected chi connectivity index (χ4v) is 1.94. The first kappa shape index (κ1) is 14.0. The summed E-state index contributed by atoms with van der Waals surface area (Å²) in [5.41, 5.74) is 0.595. The average molecular weight is 276 g/mol. The molecule has 0 radical (unpaired) electrons. The number of nitrogens with zero attached hydrogens (tertiary/aromatic N) is 1. The second kappa shape index (κ2) is 6.18. The summed E-state index contributed by atoms with van der Waals surface area (Å²) in [6, 6.07) is 6.89. The first-order valence-corrected chi connectivity index (χ1v) is 6.46. The molecule has 1 N–H and O–H groups in total. The molecule has 6 nitrogen and oxygen atoms in total. The molecule has 20 heavy (non-hydrogen) atoms. The van der Waals surface area contributed by atoms with Gasteiger partial charge in [-0.3, -0.25) is 19.3 Å². The summed E-state index contributed by atoms with van der Waals surface area (Å²) in [6.45, 7) is 2.23. The Kier molecular flexibility index (Phi) is 4.34. The summed E-state index contributed by atoms with van der Waals surface area (Å²) in [5, 5.41) is 2.64. The molecule has 1 fully saturated rings. The first-order chi connectivity index (χ1) is 9.60. The van der Waals surface area contributed by atoms with E-state index in [1.54, 1.807) is 24.3 Å². The smallest absolute Gasteiger partial charge is 0.244 e. The predicted octanol–water partition coefficient (Wildman–Crippen LogP) is 1.17. The number of nitrogens with one attached hydrogen (secondary N) is 1. The van der Waals surface area contributed by atoms with Crippen LogP contribution in [0.4, 0.5) is 5.69 Å². The maximum absolute atomic E-state index is 11.8. The van der Waals surface area contributed by atoms with Crippen LogP contribution in [0.2, 0.25) is 0 Å². The highest BCUT2D eigenvalue weighted by molar-refractivity contribution is 6.06. The van der Waals surface area contributed by atoms with Gasteiger partial charge in [-0.25, -0.2) is 0 Å². The van der Waals surface area contributed by atoms with Gasteiger partial charge in [0.1, 0.15) is 12.3 Å². The standard InChI is InChI=1S/C14H16N2O4/c1-2-20-11-5-3-10(4-6-11)15-12(17)9-16-13(18)7-8-14(16)19/h3-6H,2,7-9H2,1H3,(H,15,17). The van der Waals surface area contributed by atoms with Gasteiger partial charge in [-0.05, 0) is 31.2 Å². The van der Waals surface area contributed by atoms with E-state index in [-0.39, 0.29) is 31.2 Å². The average Bonchev–Trinajstić information content (AvgIpc) is 2.73. The molecule has 0 unspecified atom stereocenters. The molecule has 6 heteroatoms. The monoisotopic (exact) mass is 276 g/mol. The minimum absolute atomic E-state index is 0.190. The molecule has 0 spiro atoms. The Morgan fingerprint density at radius 1 is 1.20 bits per heavy atom. The summed E-state index contributed by atoms with van der Waals surface area (Å²) in [7, 11) is 0. The highest BCUT2D eigenvalue weighted by atomic mass is 16.5. The van der Waals surface area contributed by atoms with Gasteiger partial charge in [-0.15, -0.1) is 0 Å². The fraction of sp³-hybridized carbons (Fsp3) is 0.357. The van der Waals surface area contributed by atoms with Crippen LogP contribution in [0.5, 0.6) is 5.75 Å². The van der Waals surface area contributed by atoms with Crippen LogP contribution in [0.15, 0.2) is 24.3 Å². The minimum Gasteiger partial charge on any atom is -0.494 e. The predicted molar refractivity (Wildman–Crippen MR) is 72.2 cm³/mol. The van der Waals surface area contributed by atoms with Gasteiger partial charge in [0, 0.05) is 18.5 Å². The normalized spacial score (nSPS) is 14.6. The molecule has 0 atom stereocenters. The van der Waals surface area contributed by atoms with Crippen molar-refractivity contribution in [1.82, 2.24) is 4.90 Å². The maximum atomic E-state index is 11.8. The van der Waals surface area contributed by atoms with Crippen LogP contribution in [0.25, 0.3) is 0 Å². The molecular formula is C14H16N2O4. The SMILES string of the molecule is CCOc1ccc(NC(=O)CN2C(=O)CCC2=O)cc1. The van der Waals surface area contributed by atoms with Crippen molar-refractivity contribution in [2.75, 3.05) is 18.5 Å². The molecule has 3 amide bonds. The van der Waals surface area contributed by atoms with Crippen LogP contribution in [0.1, 0.15) is 19.8 Å². The van der Waals surface area contributed by atoms with Gasteiger partial charge in [0.25, 0.3) is 0 Å². The molecule has 0 aliphatic carbocycles. The Balaban J connectivity index is 1.91. The van der Waals surface area contributed by atoms with Crippen molar-refractivity contribution in [2.45, 2.75) is 19.8 Å². The Morgan fingerprint density at radius 2 is 1.80 bits per heavy atom. The number of carbonyl (C=O) groups is 3. The van der Waals surface area contributed by atoms with Gasteiger partial charge in [0.05, 0.1) is 6.61 Å². The lowest BCUT2D eigenvalue weighted by molar-refractivity contribution is -0.141. The number of likely N-dealkylation sites (tertiary alicyclic amines) is 1. The quantitative estimate of drug-likeness (QED) is 0.819. The van der Waals surface area contributed by atoms with Gasteiger partial charge in [0.2, 0.25) is 17.7 Å². The van der Waals surface area contributed by atoms with E-state index in [9.17, 15) is 14.4 Å². The molecule has 2 rings (SSSR count). The van der Waals surface area contributed by atoms with Crippen molar-refractivity contribution in [3.8, 4) is 5.75 Å². The first-order valence-electron chi connectivity index (χ1n) is 6.46. The third-order valence-corrected chi connectivity index (χ3v) is 2.91. The van der Waals surface area contributed by atoms with Crippen LogP contribution in [0.3, 0.4) is 0 Å². The lowest BCUT2D eigenvalue weighted by atomic mass is 10.3. The number of imide groups is 1. The molecule has 1 aliphatic rings. The molecule has 0 bridgehead atoms. The summed E-state index contributed by atoms with van der Waals surface area (Å²) in [4.78, 5) is 35.6. The number of rotatable bonds is 5. The van der Waals surface area contributed by atoms with Crippen molar-refractivity contribution >= 4 is 23.4 Å². The van der Waals surface area contributed by atoms with Crippen LogP contribution in [-0.2, 0) is 14.4 Å². The van der Waals surface area contributed by atoms with Gasteiger partial charge in [-0.1, -0.05) is 0 Å². The van der Waals surface area contributed by atoms with Crippen LogP contribution < -0.4 is 10.1 Å². The number of amides is 3. The summed E-state index contributed by atoms with van der Waals surface area (Å²) in [5.74, 6) is -0.262. The summed E-state index contributed by atoms with van der Waals surface area (Å²) < 4.78 is 5.29. The lowest BCUT2D eigenvalue weighted by Gasteiger charge is -2.13. The van der Waals surface area contributed by atoms with Gasteiger partial charge in [0.15, 0.2) is 0 Å². The molecule has 1 aromatic rings. The van der Waals surface area contributed by atoms with Crippen molar-refractivity contribution in [3.63, 3.8) is 0 Å². The van der Waals surface area contributed by atoms with Crippen LogP contribution >= 0.6 is 0 Å². The molecular weight excluding hydrogens is 260 g/mol. The number of hydrogen-bond acceptors (Lipinski definition) is 4. The van der Waals surface area contributed by atoms with Crippen molar-refractivity contribution < 1.29 is 19.1 Å². The number of carbonyl (C=O) groups excluding carboxylic acids is 3. The Morgan fingerprint density at radius 3 is 2.35 bits per heavy atom. The Bertz CT molecular complexity index is 508. The van der Waals surface area contributed by atoms with E-state index in [2.05, 4.69) is 5.32 Å². The molecule has 1 saturated heterocycles. The van der Waals surface area contributed by atoms with E-state index in [0.717, 1.165) is 10.6 Å². The zero-order valence-corrected chi connectivity index (χ0v) is 11.2. The Hall–Kier alpha value is -2.37. The van der Waals surface area contributed by atoms with E-state index in [1.165, 1.54) is 0 Å². The highest BCUT2D eigenvalue weighted by Crippen LogP contribution is 2.16. The largest absolute Gasteiger partial charge is 0.494 e. The van der Waals surface area contributed by atoms with E-state index in [0.29, 0.717) is 12.3 Å². The molecule has 106 valence electrons. The molecule has 1 aliphatic heterocycles. The van der Waals surface area contributed by atoms with E-state index >= 15 is 0 Å². The van der Waals surface area contributed by atoms with Crippen molar-refractivity contribution in [1.29, 1.82) is 0 Å².